The molecule has 1 heterocycles. The highest BCUT2D eigenvalue weighted by atomic mass is 19.4. The Kier molecular flexibility index (Phi) is 4.54. The molecule has 2 aromatic carbocycles. The molecule has 1 N–H and O–H groups in total. The number of halogens is 4. The third kappa shape index (κ3) is 3.61. The van der Waals surface area contributed by atoms with Crippen molar-refractivity contribution in [3.05, 3.63) is 71.8 Å². The SMILES string of the molecule is [B]c1ccc(NC(=O)c2cc(C(F)(F)F)nn2-c2ccccc2)c(F)c1. The topological polar surface area (TPSA) is 46.9 Å². The van der Waals surface area contributed by atoms with Crippen molar-refractivity contribution in [3.63, 3.8) is 0 Å². The zero-order valence-corrected chi connectivity index (χ0v) is 13.1. The first-order valence-corrected chi connectivity index (χ1v) is 7.35. The van der Waals surface area contributed by atoms with Crippen molar-refractivity contribution in [2.75, 3.05) is 5.32 Å². The van der Waals surface area contributed by atoms with Gasteiger partial charge in [-0.05, 0) is 24.3 Å². The lowest BCUT2D eigenvalue weighted by atomic mass is 9.96. The lowest BCUT2D eigenvalue weighted by molar-refractivity contribution is -0.141. The third-order valence-corrected chi connectivity index (χ3v) is 3.47. The number of nitrogens with one attached hydrogen (secondary N) is 1. The minimum atomic E-state index is -4.73. The summed E-state index contributed by atoms with van der Waals surface area (Å²) in [6, 6.07) is 12.0. The Balaban J connectivity index is 2.02. The summed E-state index contributed by atoms with van der Waals surface area (Å²) in [6.07, 6.45) is -4.73. The molecule has 0 saturated heterocycles. The van der Waals surface area contributed by atoms with Gasteiger partial charge in [-0.25, -0.2) is 9.07 Å². The molecule has 3 aromatic rings. The molecule has 0 bridgehead atoms. The van der Waals surface area contributed by atoms with Gasteiger partial charge in [-0.2, -0.15) is 18.3 Å². The second-order valence-corrected chi connectivity index (χ2v) is 5.35. The minimum Gasteiger partial charge on any atom is -0.318 e. The summed E-state index contributed by atoms with van der Waals surface area (Å²) < 4.78 is 53.7. The molecule has 26 heavy (non-hydrogen) atoms. The molecule has 0 atom stereocenters. The predicted molar refractivity (Wildman–Crippen MR) is 88.3 cm³/mol. The normalized spacial score (nSPS) is 11.4. The van der Waals surface area contributed by atoms with E-state index in [-0.39, 0.29) is 22.5 Å². The van der Waals surface area contributed by atoms with Crippen LogP contribution >= 0.6 is 0 Å². The first-order chi connectivity index (χ1) is 12.3. The molecule has 1 amide bonds. The maximum Gasteiger partial charge on any atom is 0.435 e. The van der Waals surface area contributed by atoms with Crippen LogP contribution < -0.4 is 10.8 Å². The average molecular weight is 359 g/mol. The van der Waals surface area contributed by atoms with Crippen LogP contribution in [0.2, 0.25) is 0 Å². The van der Waals surface area contributed by atoms with Crippen LogP contribution in [-0.2, 0) is 6.18 Å². The zero-order chi connectivity index (χ0) is 18.9. The highest BCUT2D eigenvalue weighted by Gasteiger charge is 2.36. The predicted octanol–water partition coefficient (Wildman–Crippen LogP) is 3.08. The van der Waals surface area contributed by atoms with Crippen LogP contribution in [0.5, 0.6) is 0 Å². The van der Waals surface area contributed by atoms with Gasteiger partial charge in [0.2, 0.25) is 0 Å². The number of benzene rings is 2. The van der Waals surface area contributed by atoms with Crippen LogP contribution in [0.15, 0.2) is 54.6 Å². The van der Waals surface area contributed by atoms with Gasteiger partial charge < -0.3 is 5.32 Å². The summed E-state index contributed by atoms with van der Waals surface area (Å²) in [6.45, 7) is 0. The molecule has 0 aliphatic heterocycles. The highest BCUT2D eigenvalue weighted by molar-refractivity contribution is 6.32. The van der Waals surface area contributed by atoms with Gasteiger partial charge in [0.1, 0.15) is 19.4 Å². The van der Waals surface area contributed by atoms with E-state index in [0.29, 0.717) is 6.07 Å². The second kappa shape index (κ2) is 6.66. The van der Waals surface area contributed by atoms with E-state index in [0.717, 1.165) is 10.7 Å². The Morgan fingerprint density at radius 1 is 1.08 bits per heavy atom. The Bertz CT molecular complexity index is 954. The summed E-state index contributed by atoms with van der Waals surface area (Å²) >= 11 is 0. The zero-order valence-electron chi connectivity index (χ0n) is 13.1. The number of carbonyl (C=O) groups is 1. The van der Waals surface area contributed by atoms with Crippen LogP contribution in [0, 0.1) is 5.82 Å². The Labute approximate surface area is 146 Å². The van der Waals surface area contributed by atoms with E-state index < -0.39 is 23.6 Å². The van der Waals surface area contributed by atoms with E-state index in [9.17, 15) is 22.4 Å². The van der Waals surface area contributed by atoms with Crippen molar-refractivity contribution in [2.24, 2.45) is 0 Å². The monoisotopic (exact) mass is 359 g/mol. The summed E-state index contributed by atoms with van der Waals surface area (Å²) in [5.41, 5.74) is -1.43. The number of para-hydroxylation sites is 1. The molecule has 0 aliphatic rings. The van der Waals surface area contributed by atoms with E-state index in [4.69, 9.17) is 7.85 Å². The van der Waals surface area contributed by atoms with E-state index in [1.54, 1.807) is 18.2 Å². The lowest BCUT2D eigenvalue weighted by Crippen LogP contribution is -2.18. The van der Waals surface area contributed by atoms with Crippen molar-refractivity contribution < 1.29 is 22.4 Å². The number of alkyl halides is 3. The molecule has 130 valence electrons. The molecule has 2 radical (unpaired) electrons. The molecule has 0 fully saturated rings. The number of nitrogens with zero attached hydrogens (tertiary/aromatic N) is 2. The van der Waals surface area contributed by atoms with Crippen molar-refractivity contribution in [2.45, 2.75) is 6.18 Å². The number of amides is 1. The fourth-order valence-corrected chi connectivity index (χ4v) is 2.27. The number of carbonyl (C=O) groups excluding carboxylic acids is 1. The summed E-state index contributed by atoms with van der Waals surface area (Å²) in [5.74, 6) is -1.75. The van der Waals surface area contributed by atoms with Gasteiger partial charge in [-0.1, -0.05) is 29.7 Å². The molecular formula is C17H10BF4N3O. The average Bonchev–Trinajstić information content (AvgIpc) is 3.04. The third-order valence-electron chi connectivity index (χ3n) is 3.47. The first kappa shape index (κ1) is 17.7. The van der Waals surface area contributed by atoms with Gasteiger partial charge in [0, 0.05) is 6.07 Å². The molecular weight excluding hydrogens is 349 g/mol. The van der Waals surface area contributed by atoms with Gasteiger partial charge in [-0.15, -0.1) is 0 Å². The number of hydrogen-bond donors (Lipinski definition) is 1. The van der Waals surface area contributed by atoms with Gasteiger partial charge in [-0.3, -0.25) is 4.79 Å². The quantitative estimate of drug-likeness (QED) is 0.577. The summed E-state index contributed by atoms with van der Waals surface area (Å²) in [4.78, 5) is 12.4. The van der Waals surface area contributed by atoms with Gasteiger partial charge in [0.05, 0.1) is 11.4 Å². The van der Waals surface area contributed by atoms with Crippen LogP contribution in [0.25, 0.3) is 5.69 Å². The van der Waals surface area contributed by atoms with E-state index in [2.05, 4.69) is 10.4 Å². The maximum atomic E-state index is 13.8. The molecule has 9 heteroatoms. The molecule has 0 spiro atoms. The number of hydrogen-bond acceptors (Lipinski definition) is 2. The fraction of sp³-hybridized carbons (Fsp3) is 0.0588. The molecule has 0 saturated carbocycles. The number of aromatic nitrogens is 2. The lowest BCUT2D eigenvalue weighted by Gasteiger charge is -2.09. The maximum absolute atomic E-state index is 13.8. The van der Waals surface area contributed by atoms with Gasteiger partial charge in [0.15, 0.2) is 5.69 Å². The van der Waals surface area contributed by atoms with Crippen molar-refractivity contribution in [1.82, 2.24) is 9.78 Å². The smallest absolute Gasteiger partial charge is 0.318 e. The summed E-state index contributed by atoms with van der Waals surface area (Å²) in [5, 5.41) is 5.70. The van der Waals surface area contributed by atoms with Crippen molar-refractivity contribution in [3.8, 4) is 5.69 Å². The molecule has 1 aromatic heterocycles. The Morgan fingerprint density at radius 2 is 1.77 bits per heavy atom. The minimum absolute atomic E-state index is 0.147. The highest BCUT2D eigenvalue weighted by Crippen LogP contribution is 2.30. The standard InChI is InChI=1S/C17H10BF4N3O/c18-10-6-7-13(12(19)8-10)23-16(26)14-9-15(17(20,21)22)24-25(14)11-4-2-1-3-5-11/h1-9H,(H,23,26). The van der Waals surface area contributed by atoms with Crippen molar-refractivity contribution in [1.29, 1.82) is 0 Å². The summed E-state index contributed by atoms with van der Waals surface area (Å²) in [7, 11) is 5.43. The second-order valence-electron chi connectivity index (χ2n) is 5.35. The molecule has 3 rings (SSSR count). The van der Waals surface area contributed by atoms with Crippen LogP contribution in [0.3, 0.4) is 0 Å². The van der Waals surface area contributed by atoms with E-state index in [1.165, 1.54) is 24.3 Å². The fourth-order valence-electron chi connectivity index (χ4n) is 2.27. The Hall–Kier alpha value is -3.10. The van der Waals surface area contributed by atoms with E-state index in [1.807, 2.05) is 0 Å². The largest absolute Gasteiger partial charge is 0.435 e. The molecule has 0 unspecified atom stereocenters. The van der Waals surface area contributed by atoms with Crippen molar-refractivity contribution >= 4 is 24.9 Å². The molecule has 0 aliphatic carbocycles. The number of rotatable bonds is 3. The Morgan fingerprint density at radius 3 is 2.38 bits per heavy atom. The van der Waals surface area contributed by atoms with Crippen LogP contribution in [0.4, 0.5) is 23.2 Å². The van der Waals surface area contributed by atoms with Gasteiger partial charge >= 0.3 is 6.18 Å². The van der Waals surface area contributed by atoms with Crippen LogP contribution in [0.1, 0.15) is 16.2 Å². The molecule has 4 nitrogen and oxygen atoms in total. The first-order valence-electron chi connectivity index (χ1n) is 7.35. The van der Waals surface area contributed by atoms with Gasteiger partial charge in [0.25, 0.3) is 5.91 Å². The van der Waals surface area contributed by atoms with E-state index >= 15 is 0 Å². The van der Waals surface area contributed by atoms with Crippen LogP contribution in [-0.4, -0.2) is 23.5 Å². The number of anilines is 1.